The molecular formula is C20H24FN3O2S. The summed E-state index contributed by atoms with van der Waals surface area (Å²) in [5.74, 6) is -0.879. The molecule has 2 amide bonds. The molecule has 0 spiro atoms. The van der Waals surface area contributed by atoms with Crippen LogP contribution in [0.3, 0.4) is 0 Å². The van der Waals surface area contributed by atoms with Gasteiger partial charge in [0.25, 0.3) is 5.91 Å². The number of hydrogen-bond acceptors (Lipinski definition) is 4. The number of thiazole rings is 1. The lowest BCUT2D eigenvalue weighted by molar-refractivity contribution is -0.136. The van der Waals surface area contributed by atoms with Gasteiger partial charge >= 0.3 is 0 Å². The van der Waals surface area contributed by atoms with E-state index < -0.39 is 0 Å². The van der Waals surface area contributed by atoms with E-state index in [1.165, 1.54) is 35.6 Å². The van der Waals surface area contributed by atoms with Crippen LogP contribution in [0.1, 0.15) is 61.0 Å². The number of amides is 2. The van der Waals surface area contributed by atoms with E-state index in [2.05, 4.69) is 10.3 Å². The smallest absolute Gasteiger partial charge is 0.257 e. The van der Waals surface area contributed by atoms with Crippen LogP contribution >= 0.6 is 11.3 Å². The minimum Gasteiger partial charge on any atom is -0.337 e. The van der Waals surface area contributed by atoms with Gasteiger partial charge in [-0.15, -0.1) is 11.3 Å². The fourth-order valence-corrected chi connectivity index (χ4v) is 4.61. The van der Waals surface area contributed by atoms with Gasteiger partial charge in [-0.25, -0.2) is 9.37 Å². The fraction of sp³-hybridized carbons (Fsp3) is 0.450. The summed E-state index contributed by atoms with van der Waals surface area (Å²) < 4.78 is 13.0. The van der Waals surface area contributed by atoms with Crippen LogP contribution in [0.5, 0.6) is 0 Å². The molecule has 1 aliphatic carbocycles. The minimum atomic E-state index is -0.388. The Morgan fingerprint density at radius 2 is 1.81 bits per heavy atom. The van der Waals surface area contributed by atoms with Crippen molar-refractivity contribution >= 4 is 28.3 Å². The van der Waals surface area contributed by atoms with Crippen molar-refractivity contribution in [2.75, 3.05) is 5.32 Å². The molecular weight excluding hydrogens is 365 g/mol. The van der Waals surface area contributed by atoms with Crippen LogP contribution in [0.15, 0.2) is 24.3 Å². The van der Waals surface area contributed by atoms with Crippen molar-refractivity contribution in [2.24, 2.45) is 0 Å². The van der Waals surface area contributed by atoms with Crippen molar-refractivity contribution in [2.45, 2.75) is 58.5 Å². The van der Waals surface area contributed by atoms with E-state index >= 15 is 0 Å². The lowest BCUT2D eigenvalue weighted by Gasteiger charge is -2.33. The lowest BCUT2D eigenvalue weighted by atomic mass is 10.0. The molecule has 0 saturated carbocycles. The van der Waals surface area contributed by atoms with Crippen LogP contribution in [-0.2, 0) is 11.2 Å². The molecule has 2 aromatic rings. The fourth-order valence-electron chi connectivity index (χ4n) is 3.58. The monoisotopic (exact) mass is 389 g/mol. The van der Waals surface area contributed by atoms with Crippen molar-refractivity contribution in [1.82, 2.24) is 9.88 Å². The summed E-state index contributed by atoms with van der Waals surface area (Å²) in [5, 5.41) is 3.24. The molecule has 1 aromatic carbocycles. The van der Waals surface area contributed by atoms with E-state index in [1.54, 1.807) is 0 Å². The average Bonchev–Trinajstić information content (AvgIpc) is 3.14. The second kappa shape index (κ2) is 7.76. The van der Waals surface area contributed by atoms with E-state index in [9.17, 15) is 14.0 Å². The molecule has 1 aromatic heterocycles. The van der Waals surface area contributed by atoms with Crippen LogP contribution in [-0.4, -0.2) is 33.8 Å². The SMILES string of the molecule is CC(C)N(C(=O)C1CCc2sc(NC(=O)c3ccc(F)cc3)nc21)C(C)C. The van der Waals surface area contributed by atoms with Crippen molar-refractivity contribution < 1.29 is 14.0 Å². The Balaban J connectivity index is 1.77. The van der Waals surface area contributed by atoms with Gasteiger partial charge < -0.3 is 4.90 Å². The summed E-state index contributed by atoms with van der Waals surface area (Å²) >= 11 is 1.41. The first-order valence-corrected chi connectivity index (χ1v) is 9.98. The maximum absolute atomic E-state index is 13.0. The Kier molecular flexibility index (Phi) is 5.60. The Morgan fingerprint density at radius 1 is 1.19 bits per heavy atom. The van der Waals surface area contributed by atoms with E-state index in [-0.39, 0.29) is 35.6 Å². The lowest BCUT2D eigenvalue weighted by Crippen LogP contribution is -2.44. The summed E-state index contributed by atoms with van der Waals surface area (Å²) in [4.78, 5) is 32.8. The van der Waals surface area contributed by atoms with E-state index in [4.69, 9.17) is 0 Å². The first-order chi connectivity index (χ1) is 12.8. The Labute approximate surface area is 162 Å². The van der Waals surface area contributed by atoms with Crippen molar-refractivity contribution in [3.05, 3.63) is 46.2 Å². The van der Waals surface area contributed by atoms with Gasteiger partial charge in [0.2, 0.25) is 5.91 Å². The van der Waals surface area contributed by atoms with Gasteiger partial charge in [-0.05, 0) is 64.8 Å². The highest BCUT2D eigenvalue weighted by molar-refractivity contribution is 7.16. The average molecular weight is 389 g/mol. The number of nitrogens with zero attached hydrogens (tertiary/aromatic N) is 2. The normalized spacial score (nSPS) is 15.9. The molecule has 27 heavy (non-hydrogen) atoms. The predicted molar refractivity (Wildman–Crippen MR) is 105 cm³/mol. The molecule has 0 fully saturated rings. The zero-order chi connectivity index (χ0) is 19.7. The standard InChI is InChI=1S/C20H24FN3O2S/c1-11(2)24(12(3)4)19(26)15-9-10-16-17(15)22-20(27-16)23-18(25)13-5-7-14(21)8-6-13/h5-8,11-12,15H,9-10H2,1-4H3,(H,22,23,25). The highest BCUT2D eigenvalue weighted by atomic mass is 32.1. The summed E-state index contributed by atoms with van der Waals surface area (Å²) in [6, 6.07) is 5.61. The summed E-state index contributed by atoms with van der Waals surface area (Å²) in [6.45, 7) is 8.07. The molecule has 0 radical (unpaired) electrons. The van der Waals surface area contributed by atoms with Crippen molar-refractivity contribution in [1.29, 1.82) is 0 Å². The summed E-state index contributed by atoms with van der Waals surface area (Å²) in [6.07, 6.45) is 1.55. The zero-order valence-electron chi connectivity index (χ0n) is 16.0. The highest BCUT2D eigenvalue weighted by Crippen LogP contribution is 2.39. The van der Waals surface area contributed by atoms with Crippen molar-refractivity contribution in [3.63, 3.8) is 0 Å². The van der Waals surface area contributed by atoms with Crippen molar-refractivity contribution in [3.8, 4) is 0 Å². The number of hydrogen-bond donors (Lipinski definition) is 1. The largest absolute Gasteiger partial charge is 0.337 e. The third kappa shape index (κ3) is 4.03. The molecule has 7 heteroatoms. The molecule has 0 bridgehead atoms. The number of carbonyl (C=O) groups is 2. The van der Waals surface area contributed by atoms with Gasteiger partial charge in [-0.1, -0.05) is 0 Å². The number of halogens is 1. The Morgan fingerprint density at radius 3 is 2.41 bits per heavy atom. The number of rotatable bonds is 5. The summed E-state index contributed by atoms with van der Waals surface area (Å²) in [5.41, 5.74) is 1.15. The molecule has 0 aliphatic heterocycles. The van der Waals surface area contributed by atoms with Gasteiger partial charge in [-0.2, -0.15) is 0 Å². The topological polar surface area (TPSA) is 62.3 Å². The molecule has 1 unspecified atom stereocenters. The van der Waals surface area contributed by atoms with Crippen LogP contribution in [0, 0.1) is 5.82 Å². The quantitative estimate of drug-likeness (QED) is 0.833. The number of aryl methyl sites for hydroxylation is 1. The first kappa shape index (κ1) is 19.5. The van der Waals surface area contributed by atoms with Gasteiger partial charge in [-0.3, -0.25) is 14.9 Å². The molecule has 1 N–H and O–H groups in total. The molecule has 5 nitrogen and oxygen atoms in total. The molecule has 0 saturated heterocycles. The maximum atomic E-state index is 13.0. The third-order valence-electron chi connectivity index (χ3n) is 4.71. The second-order valence-electron chi connectivity index (χ2n) is 7.31. The van der Waals surface area contributed by atoms with Crippen LogP contribution < -0.4 is 5.32 Å². The molecule has 1 heterocycles. The number of carbonyl (C=O) groups excluding carboxylic acids is 2. The Bertz CT molecular complexity index is 837. The van der Waals surface area contributed by atoms with Crippen LogP contribution in [0.25, 0.3) is 0 Å². The van der Waals surface area contributed by atoms with Gasteiger partial charge in [0.15, 0.2) is 5.13 Å². The maximum Gasteiger partial charge on any atom is 0.257 e. The zero-order valence-corrected chi connectivity index (χ0v) is 16.8. The number of benzene rings is 1. The minimum absolute atomic E-state index is 0.0976. The van der Waals surface area contributed by atoms with E-state index in [0.29, 0.717) is 10.7 Å². The van der Waals surface area contributed by atoms with Crippen LogP contribution in [0.2, 0.25) is 0 Å². The Hall–Kier alpha value is -2.28. The number of fused-ring (bicyclic) bond motifs is 1. The first-order valence-electron chi connectivity index (χ1n) is 9.16. The number of nitrogens with one attached hydrogen (secondary N) is 1. The second-order valence-corrected chi connectivity index (χ2v) is 8.40. The molecule has 1 atom stereocenters. The van der Waals surface area contributed by atoms with Crippen LogP contribution in [0.4, 0.5) is 9.52 Å². The predicted octanol–water partition coefficient (Wildman–Crippen LogP) is 4.21. The molecule has 144 valence electrons. The highest BCUT2D eigenvalue weighted by Gasteiger charge is 2.36. The number of aromatic nitrogens is 1. The number of anilines is 1. The van der Waals surface area contributed by atoms with Gasteiger partial charge in [0.1, 0.15) is 5.82 Å². The molecule has 3 rings (SSSR count). The van der Waals surface area contributed by atoms with E-state index in [1.807, 2.05) is 32.6 Å². The van der Waals surface area contributed by atoms with E-state index in [0.717, 1.165) is 23.4 Å². The van der Waals surface area contributed by atoms with Gasteiger partial charge in [0.05, 0.1) is 11.6 Å². The van der Waals surface area contributed by atoms with Gasteiger partial charge in [0, 0.05) is 22.5 Å². The third-order valence-corrected chi connectivity index (χ3v) is 5.76. The summed E-state index contributed by atoms with van der Waals surface area (Å²) in [7, 11) is 0. The molecule has 1 aliphatic rings.